The minimum atomic E-state index is -0.928. The summed E-state index contributed by atoms with van der Waals surface area (Å²) in [7, 11) is 0. The molecule has 1 amide bonds. The zero-order valence-electron chi connectivity index (χ0n) is 11.6. The van der Waals surface area contributed by atoms with Crippen LogP contribution in [0.5, 0.6) is 0 Å². The van der Waals surface area contributed by atoms with Crippen LogP contribution in [0, 0.1) is 11.7 Å². The Kier molecular flexibility index (Phi) is 6.33. The summed E-state index contributed by atoms with van der Waals surface area (Å²) in [4.78, 5) is 11.8. The van der Waals surface area contributed by atoms with Gasteiger partial charge in [0.15, 0.2) is 0 Å². The highest BCUT2D eigenvalue weighted by molar-refractivity contribution is 7.99. The van der Waals surface area contributed by atoms with Gasteiger partial charge in [0.1, 0.15) is 5.82 Å². The van der Waals surface area contributed by atoms with Crippen molar-refractivity contribution in [1.29, 1.82) is 0 Å². The molecule has 1 unspecified atom stereocenters. The summed E-state index contributed by atoms with van der Waals surface area (Å²) in [5.74, 6) is 2.05. The number of hydrogen-bond donors (Lipinski definition) is 2. The Bertz CT molecular complexity index is 495. The van der Waals surface area contributed by atoms with E-state index in [1.807, 2.05) is 11.8 Å². The lowest BCUT2D eigenvalue weighted by Crippen LogP contribution is -2.30. The summed E-state index contributed by atoms with van der Waals surface area (Å²) in [6.07, 6.45) is 1.72. The Morgan fingerprint density at radius 3 is 2.86 bits per heavy atom. The van der Waals surface area contributed by atoms with Gasteiger partial charge in [-0.2, -0.15) is 11.8 Å². The van der Waals surface area contributed by atoms with Crippen LogP contribution in [-0.2, 0) is 4.79 Å². The highest BCUT2D eigenvalue weighted by atomic mass is 35.5. The molecule has 1 aromatic carbocycles. The summed E-state index contributed by atoms with van der Waals surface area (Å²) in [5.41, 5.74) is 0.409. The molecule has 21 heavy (non-hydrogen) atoms. The number of thioether (sulfide) groups is 1. The largest absolute Gasteiger partial charge is 0.387 e. The van der Waals surface area contributed by atoms with E-state index in [1.54, 1.807) is 6.07 Å². The standard InChI is InChI=1S/C15H19ClFNO2S/c16-12-2-1-11(8-13(12)17)14(19)9-18-15(20)7-10-3-5-21-6-4-10/h1-2,8,10,14,19H,3-7,9H2,(H,18,20). The molecule has 0 bridgehead atoms. The molecule has 0 spiro atoms. The van der Waals surface area contributed by atoms with Gasteiger partial charge in [-0.15, -0.1) is 0 Å². The van der Waals surface area contributed by atoms with Gasteiger partial charge in [0.25, 0.3) is 0 Å². The van der Waals surface area contributed by atoms with E-state index in [0.29, 0.717) is 17.9 Å². The van der Waals surface area contributed by atoms with Crippen LogP contribution in [0.3, 0.4) is 0 Å². The van der Waals surface area contributed by atoms with Gasteiger partial charge in [-0.1, -0.05) is 17.7 Å². The van der Waals surface area contributed by atoms with E-state index in [-0.39, 0.29) is 17.5 Å². The highest BCUT2D eigenvalue weighted by Gasteiger charge is 2.18. The number of hydrogen-bond acceptors (Lipinski definition) is 3. The van der Waals surface area contributed by atoms with Crippen LogP contribution >= 0.6 is 23.4 Å². The van der Waals surface area contributed by atoms with Gasteiger partial charge in [0.2, 0.25) is 5.91 Å². The Hall–Kier alpha value is -0.780. The summed E-state index contributed by atoms with van der Waals surface area (Å²) >= 11 is 7.52. The third kappa shape index (κ3) is 5.16. The average molecular weight is 332 g/mol. The third-order valence-corrected chi connectivity index (χ3v) is 4.99. The summed E-state index contributed by atoms with van der Waals surface area (Å²) in [6, 6.07) is 4.15. The van der Waals surface area contributed by atoms with E-state index in [9.17, 15) is 14.3 Å². The van der Waals surface area contributed by atoms with Gasteiger partial charge in [-0.05, 0) is 48.0 Å². The van der Waals surface area contributed by atoms with Crippen molar-refractivity contribution in [2.24, 2.45) is 5.92 Å². The molecule has 1 aliphatic rings. The van der Waals surface area contributed by atoms with Crippen LogP contribution in [-0.4, -0.2) is 29.1 Å². The zero-order chi connectivity index (χ0) is 15.2. The Morgan fingerprint density at radius 1 is 1.48 bits per heavy atom. The van der Waals surface area contributed by atoms with Crippen LogP contribution in [0.4, 0.5) is 4.39 Å². The fourth-order valence-electron chi connectivity index (χ4n) is 2.33. The van der Waals surface area contributed by atoms with Crippen molar-refractivity contribution in [2.75, 3.05) is 18.1 Å². The van der Waals surface area contributed by atoms with Crippen LogP contribution in [0.15, 0.2) is 18.2 Å². The first kappa shape index (κ1) is 16.6. The van der Waals surface area contributed by atoms with Gasteiger partial charge in [0.05, 0.1) is 11.1 Å². The van der Waals surface area contributed by atoms with Crippen molar-refractivity contribution in [2.45, 2.75) is 25.4 Å². The van der Waals surface area contributed by atoms with Gasteiger partial charge in [0, 0.05) is 13.0 Å². The predicted molar refractivity (Wildman–Crippen MR) is 84.0 cm³/mol. The van der Waals surface area contributed by atoms with Crippen molar-refractivity contribution in [1.82, 2.24) is 5.32 Å². The lowest BCUT2D eigenvalue weighted by Gasteiger charge is -2.21. The molecule has 0 saturated carbocycles. The van der Waals surface area contributed by atoms with E-state index in [2.05, 4.69) is 5.32 Å². The zero-order valence-corrected chi connectivity index (χ0v) is 13.2. The topological polar surface area (TPSA) is 49.3 Å². The molecule has 1 aromatic rings. The van der Waals surface area contributed by atoms with Crippen LogP contribution in [0.1, 0.15) is 30.9 Å². The molecule has 1 saturated heterocycles. The molecule has 0 aromatic heterocycles. The molecule has 6 heteroatoms. The average Bonchev–Trinajstić information content (AvgIpc) is 2.48. The number of carbonyl (C=O) groups is 1. The monoisotopic (exact) mass is 331 g/mol. The first-order valence-electron chi connectivity index (χ1n) is 7.03. The minimum absolute atomic E-state index is 0.0187. The van der Waals surface area contributed by atoms with Crippen LogP contribution in [0.2, 0.25) is 5.02 Å². The second-order valence-electron chi connectivity index (χ2n) is 5.25. The first-order chi connectivity index (χ1) is 10.1. The second-order valence-corrected chi connectivity index (χ2v) is 6.89. The van der Waals surface area contributed by atoms with Crippen molar-refractivity contribution >= 4 is 29.3 Å². The molecule has 0 aliphatic carbocycles. The van der Waals surface area contributed by atoms with E-state index >= 15 is 0 Å². The second kappa shape index (κ2) is 8.01. The predicted octanol–water partition coefficient (Wildman–Crippen LogP) is 3.16. The van der Waals surface area contributed by atoms with Crippen LogP contribution in [0.25, 0.3) is 0 Å². The Morgan fingerprint density at radius 2 is 2.19 bits per heavy atom. The lowest BCUT2D eigenvalue weighted by molar-refractivity contribution is -0.122. The first-order valence-corrected chi connectivity index (χ1v) is 8.57. The number of halogens is 2. The molecule has 2 rings (SSSR count). The summed E-state index contributed by atoms with van der Waals surface area (Å²) < 4.78 is 13.3. The number of aliphatic hydroxyl groups excluding tert-OH is 1. The smallest absolute Gasteiger partial charge is 0.220 e. The molecule has 1 atom stereocenters. The van der Waals surface area contributed by atoms with E-state index in [1.165, 1.54) is 12.1 Å². The SMILES string of the molecule is O=C(CC1CCSCC1)NCC(O)c1ccc(Cl)c(F)c1. The number of nitrogens with one attached hydrogen (secondary N) is 1. The van der Waals surface area contributed by atoms with E-state index in [0.717, 1.165) is 24.3 Å². The third-order valence-electron chi connectivity index (χ3n) is 3.64. The summed E-state index contributed by atoms with van der Waals surface area (Å²) in [5, 5.41) is 12.7. The molecular formula is C15H19ClFNO2S. The molecule has 1 aliphatic heterocycles. The molecule has 1 heterocycles. The van der Waals surface area contributed by atoms with Gasteiger partial charge in [-0.25, -0.2) is 4.39 Å². The number of carbonyl (C=O) groups excluding carboxylic acids is 1. The Labute approximate surface area is 133 Å². The maximum absolute atomic E-state index is 13.3. The summed E-state index contributed by atoms with van der Waals surface area (Å²) in [6.45, 7) is 0.0847. The van der Waals surface area contributed by atoms with Crippen LogP contribution < -0.4 is 5.32 Å². The van der Waals surface area contributed by atoms with Gasteiger partial charge in [-0.3, -0.25) is 4.79 Å². The van der Waals surface area contributed by atoms with E-state index in [4.69, 9.17) is 11.6 Å². The molecular weight excluding hydrogens is 313 g/mol. The highest BCUT2D eigenvalue weighted by Crippen LogP contribution is 2.25. The van der Waals surface area contributed by atoms with Gasteiger partial charge < -0.3 is 10.4 Å². The van der Waals surface area contributed by atoms with Crippen molar-refractivity contribution in [3.05, 3.63) is 34.6 Å². The lowest BCUT2D eigenvalue weighted by atomic mass is 9.98. The van der Waals surface area contributed by atoms with Crippen molar-refractivity contribution in [3.63, 3.8) is 0 Å². The Balaban J connectivity index is 1.78. The quantitative estimate of drug-likeness (QED) is 0.871. The molecule has 0 radical (unpaired) electrons. The fraction of sp³-hybridized carbons (Fsp3) is 0.533. The van der Waals surface area contributed by atoms with Gasteiger partial charge >= 0.3 is 0 Å². The minimum Gasteiger partial charge on any atom is -0.387 e. The van der Waals surface area contributed by atoms with E-state index < -0.39 is 11.9 Å². The molecule has 2 N–H and O–H groups in total. The number of rotatable bonds is 5. The molecule has 1 fully saturated rings. The number of aliphatic hydroxyl groups is 1. The maximum atomic E-state index is 13.3. The van der Waals surface area contributed by atoms with Crippen molar-refractivity contribution in [3.8, 4) is 0 Å². The number of amides is 1. The fourth-order valence-corrected chi connectivity index (χ4v) is 3.65. The number of benzene rings is 1. The van der Waals surface area contributed by atoms with Crippen molar-refractivity contribution < 1.29 is 14.3 Å². The molecule has 3 nitrogen and oxygen atoms in total. The normalized spacial score (nSPS) is 17.5. The molecule has 116 valence electrons. The maximum Gasteiger partial charge on any atom is 0.220 e.